The molecule has 0 aromatic heterocycles. The molecule has 1 aliphatic heterocycles. The lowest BCUT2D eigenvalue weighted by molar-refractivity contribution is 0.493. The Morgan fingerprint density at radius 1 is 1.35 bits per heavy atom. The van der Waals surface area contributed by atoms with Gasteiger partial charge in [-0.3, -0.25) is 4.99 Å². The summed E-state index contributed by atoms with van der Waals surface area (Å²) >= 11 is 0. The van der Waals surface area contributed by atoms with Crippen LogP contribution in [0.1, 0.15) is 52.9 Å². The van der Waals surface area contributed by atoms with Crippen molar-refractivity contribution in [2.45, 2.75) is 64.2 Å². The van der Waals surface area contributed by atoms with Gasteiger partial charge in [0.1, 0.15) is 0 Å². The molecule has 0 saturated carbocycles. The lowest BCUT2D eigenvalue weighted by Crippen LogP contribution is -2.39. The van der Waals surface area contributed by atoms with E-state index in [1.54, 1.807) is 0 Å². The van der Waals surface area contributed by atoms with Gasteiger partial charge in [0.05, 0.1) is 17.5 Å². The Labute approximate surface area is 123 Å². The highest BCUT2D eigenvalue weighted by atomic mass is 32.2. The van der Waals surface area contributed by atoms with Crippen LogP contribution in [-0.4, -0.2) is 38.0 Å². The minimum absolute atomic E-state index is 0.276. The van der Waals surface area contributed by atoms with Crippen LogP contribution in [0.4, 0.5) is 0 Å². The van der Waals surface area contributed by atoms with E-state index in [1.165, 1.54) is 6.42 Å². The number of guanidine groups is 1. The van der Waals surface area contributed by atoms with Crippen molar-refractivity contribution in [2.75, 3.05) is 12.3 Å². The first-order valence-corrected chi connectivity index (χ1v) is 9.31. The quantitative estimate of drug-likeness (QED) is 0.553. The van der Waals surface area contributed by atoms with Crippen LogP contribution in [0.3, 0.4) is 0 Å². The van der Waals surface area contributed by atoms with E-state index in [2.05, 4.69) is 31.1 Å². The average molecular weight is 303 g/mol. The molecule has 1 aliphatic rings. The minimum Gasteiger partial charge on any atom is -0.370 e. The predicted octanol–water partition coefficient (Wildman–Crippen LogP) is 1.68. The van der Waals surface area contributed by atoms with E-state index in [0.717, 1.165) is 25.2 Å². The first kappa shape index (κ1) is 17.3. The molecule has 1 rings (SSSR count). The SMILES string of the molecule is CC(C)CCCC(C)NC(N)=NCC1CCCS1(=O)=O. The Hall–Kier alpha value is -0.780. The second kappa shape index (κ2) is 7.86. The molecule has 1 saturated heterocycles. The fraction of sp³-hybridized carbons (Fsp3) is 0.929. The number of aliphatic imine (C=N–C) groups is 1. The smallest absolute Gasteiger partial charge is 0.188 e. The number of nitrogens with two attached hydrogens (primary N) is 1. The monoisotopic (exact) mass is 303 g/mol. The van der Waals surface area contributed by atoms with Crippen LogP contribution in [0.15, 0.2) is 4.99 Å². The fourth-order valence-corrected chi connectivity index (χ4v) is 4.20. The molecule has 5 nitrogen and oxygen atoms in total. The lowest BCUT2D eigenvalue weighted by Gasteiger charge is -2.15. The second-order valence-corrected chi connectivity index (χ2v) is 8.63. The van der Waals surface area contributed by atoms with Crippen molar-refractivity contribution in [2.24, 2.45) is 16.6 Å². The summed E-state index contributed by atoms with van der Waals surface area (Å²) in [4.78, 5) is 4.19. The molecule has 0 bridgehead atoms. The third-order valence-corrected chi connectivity index (χ3v) is 6.00. The number of nitrogens with zero attached hydrogens (tertiary/aromatic N) is 1. The molecule has 0 spiro atoms. The van der Waals surface area contributed by atoms with Crippen LogP contribution in [-0.2, 0) is 9.84 Å². The highest BCUT2D eigenvalue weighted by molar-refractivity contribution is 7.92. The molecule has 20 heavy (non-hydrogen) atoms. The van der Waals surface area contributed by atoms with Gasteiger partial charge in [-0.1, -0.05) is 26.7 Å². The van der Waals surface area contributed by atoms with Crippen LogP contribution in [0.2, 0.25) is 0 Å². The standard InChI is InChI=1S/C14H29N3O2S/c1-11(2)6-4-7-12(3)17-14(15)16-10-13-8-5-9-20(13,18)19/h11-13H,4-10H2,1-3H3,(H3,15,16,17). The number of hydrogen-bond acceptors (Lipinski definition) is 3. The molecule has 1 heterocycles. The molecule has 0 radical (unpaired) electrons. The van der Waals surface area contributed by atoms with Crippen LogP contribution >= 0.6 is 0 Å². The summed E-state index contributed by atoms with van der Waals surface area (Å²) in [6, 6.07) is 0.276. The summed E-state index contributed by atoms with van der Waals surface area (Å²) in [6.45, 7) is 6.81. The highest BCUT2D eigenvalue weighted by Crippen LogP contribution is 2.19. The summed E-state index contributed by atoms with van der Waals surface area (Å²) in [5.74, 6) is 1.39. The zero-order chi connectivity index (χ0) is 15.2. The summed E-state index contributed by atoms with van der Waals surface area (Å²) in [6.07, 6.45) is 4.89. The molecule has 0 aliphatic carbocycles. The Bertz CT molecular complexity index is 418. The summed E-state index contributed by atoms with van der Waals surface area (Å²) in [7, 11) is -2.93. The van der Waals surface area contributed by atoms with Gasteiger partial charge in [-0.2, -0.15) is 0 Å². The van der Waals surface area contributed by atoms with E-state index in [-0.39, 0.29) is 11.3 Å². The third kappa shape index (κ3) is 6.11. The van der Waals surface area contributed by atoms with Crippen LogP contribution in [0, 0.1) is 5.92 Å². The Balaban J connectivity index is 2.31. The van der Waals surface area contributed by atoms with Crippen molar-refractivity contribution in [3.05, 3.63) is 0 Å². The molecule has 0 aromatic rings. The molecule has 1 fully saturated rings. The van der Waals surface area contributed by atoms with Crippen molar-refractivity contribution >= 4 is 15.8 Å². The van der Waals surface area contributed by atoms with Gasteiger partial charge in [0.15, 0.2) is 15.8 Å². The predicted molar refractivity (Wildman–Crippen MR) is 84.6 cm³/mol. The molecule has 0 aromatic carbocycles. The number of hydrogen-bond donors (Lipinski definition) is 2. The van der Waals surface area contributed by atoms with Crippen molar-refractivity contribution in [1.29, 1.82) is 0 Å². The first-order valence-electron chi connectivity index (χ1n) is 7.59. The van der Waals surface area contributed by atoms with Gasteiger partial charge in [-0.05, 0) is 32.1 Å². The van der Waals surface area contributed by atoms with Gasteiger partial charge in [0.2, 0.25) is 0 Å². The van der Waals surface area contributed by atoms with Gasteiger partial charge in [0.25, 0.3) is 0 Å². The van der Waals surface area contributed by atoms with E-state index in [4.69, 9.17) is 5.73 Å². The van der Waals surface area contributed by atoms with Crippen molar-refractivity contribution in [1.82, 2.24) is 5.32 Å². The normalized spacial score (nSPS) is 24.0. The number of nitrogens with one attached hydrogen (secondary N) is 1. The van der Waals surface area contributed by atoms with Crippen molar-refractivity contribution < 1.29 is 8.42 Å². The van der Waals surface area contributed by atoms with E-state index in [1.807, 2.05) is 0 Å². The maximum Gasteiger partial charge on any atom is 0.188 e. The Morgan fingerprint density at radius 3 is 2.60 bits per heavy atom. The van der Waals surface area contributed by atoms with E-state index in [0.29, 0.717) is 24.7 Å². The third-order valence-electron chi connectivity index (χ3n) is 3.74. The number of rotatable bonds is 7. The van der Waals surface area contributed by atoms with Crippen LogP contribution in [0.25, 0.3) is 0 Å². The lowest BCUT2D eigenvalue weighted by atomic mass is 10.0. The average Bonchev–Trinajstić information content (AvgIpc) is 2.65. The molecule has 3 N–H and O–H groups in total. The zero-order valence-corrected chi connectivity index (χ0v) is 13.7. The minimum atomic E-state index is -2.93. The van der Waals surface area contributed by atoms with Gasteiger partial charge in [-0.15, -0.1) is 0 Å². The molecular formula is C14H29N3O2S. The molecule has 118 valence electrons. The summed E-state index contributed by atoms with van der Waals surface area (Å²) < 4.78 is 23.3. The van der Waals surface area contributed by atoms with Gasteiger partial charge >= 0.3 is 0 Å². The fourth-order valence-electron chi connectivity index (χ4n) is 2.47. The Kier molecular flexibility index (Phi) is 6.79. The second-order valence-electron chi connectivity index (χ2n) is 6.23. The van der Waals surface area contributed by atoms with Crippen LogP contribution < -0.4 is 11.1 Å². The Morgan fingerprint density at radius 2 is 2.05 bits per heavy atom. The zero-order valence-electron chi connectivity index (χ0n) is 12.9. The molecule has 0 amide bonds. The first-order chi connectivity index (χ1) is 9.31. The summed E-state index contributed by atoms with van der Waals surface area (Å²) in [5, 5.41) is 2.80. The largest absolute Gasteiger partial charge is 0.370 e. The molecule has 2 unspecified atom stereocenters. The van der Waals surface area contributed by atoms with Gasteiger partial charge in [0, 0.05) is 6.04 Å². The summed E-state index contributed by atoms with van der Waals surface area (Å²) in [5.41, 5.74) is 5.82. The highest BCUT2D eigenvalue weighted by Gasteiger charge is 2.30. The van der Waals surface area contributed by atoms with Crippen molar-refractivity contribution in [3.63, 3.8) is 0 Å². The van der Waals surface area contributed by atoms with Gasteiger partial charge in [-0.25, -0.2) is 8.42 Å². The molecular weight excluding hydrogens is 274 g/mol. The maximum atomic E-state index is 11.7. The number of sulfone groups is 1. The van der Waals surface area contributed by atoms with E-state index >= 15 is 0 Å². The molecule has 2 atom stereocenters. The van der Waals surface area contributed by atoms with Gasteiger partial charge < -0.3 is 11.1 Å². The van der Waals surface area contributed by atoms with Crippen LogP contribution in [0.5, 0.6) is 0 Å². The topological polar surface area (TPSA) is 84.5 Å². The van der Waals surface area contributed by atoms with E-state index in [9.17, 15) is 8.42 Å². The van der Waals surface area contributed by atoms with E-state index < -0.39 is 9.84 Å². The maximum absolute atomic E-state index is 11.7. The van der Waals surface area contributed by atoms with Crippen molar-refractivity contribution in [3.8, 4) is 0 Å². The molecule has 6 heteroatoms.